The van der Waals surface area contributed by atoms with Crippen molar-refractivity contribution in [3.63, 3.8) is 0 Å². The number of imidazole rings is 1. The van der Waals surface area contributed by atoms with Gasteiger partial charge < -0.3 is 10.1 Å². The summed E-state index contributed by atoms with van der Waals surface area (Å²) in [6.07, 6.45) is 3.76. The zero-order chi connectivity index (χ0) is 25.6. The average Bonchev–Trinajstić information content (AvgIpc) is 3.30. The van der Waals surface area contributed by atoms with Gasteiger partial charge in [-0.15, -0.1) is 0 Å². The lowest BCUT2D eigenvalue weighted by molar-refractivity contribution is 0.158. The second-order valence-electron chi connectivity index (χ2n) is 8.91. The third-order valence-electron chi connectivity index (χ3n) is 6.13. The van der Waals surface area contributed by atoms with E-state index in [2.05, 4.69) is 46.5 Å². The summed E-state index contributed by atoms with van der Waals surface area (Å²) < 4.78 is 20.9. The van der Waals surface area contributed by atoms with Crippen molar-refractivity contribution >= 4 is 11.6 Å². The molecule has 0 aliphatic heterocycles. The first-order valence-electron chi connectivity index (χ1n) is 12.2. The van der Waals surface area contributed by atoms with Gasteiger partial charge in [0.15, 0.2) is 0 Å². The summed E-state index contributed by atoms with van der Waals surface area (Å²) in [5, 5.41) is 3.31. The van der Waals surface area contributed by atoms with Crippen LogP contribution in [0.15, 0.2) is 85.2 Å². The van der Waals surface area contributed by atoms with Crippen molar-refractivity contribution in [3.8, 4) is 22.6 Å². The van der Waals surface area contributed by atoms with Gasteiger partial charge in [-0.25, -0.2) is 19.3 Å². The molecule has 0 saturated carbocycles. The van der Waals surface area contributed by atoms with E-state index in [4.69, 9.17) is 14.7 Å². The molecule has 1 N–H and O–H groups in total. The summed E-state index contributed by atoms with van der Waals surface area (Å²) in [7, 11) is 3.77. The van der Waals surface area contributed by atoms with Gasteiger partial charge in [0, 0.05) is 44.7 Å². The lowest BCUT2D eigenvalue weighted by Crippen LogP contribution is -2.22. The molecular formula is C29H29FN6O. The largest absolute Gasteiger partial charge is 0.383 e. The molecule has 7 nitrogen and oxygen atoms in total. The number of nitrogens with one attached hydrogen (secondary N) is 1. The number of hydrogen-bond acceptors (Lipinski definition) is 6. The number of ether oxygens (including phenoxy) is 1. The molecule has 5 aromatic rings. The number of fused-ring (bicyclic) bond motifs is 1. The Morgan fingerprint density at radius 3 is 2.57 bits per heavy atom. The number of nitrogens with zero attached hydrogens (tertiary/aromatic N) is 5. The van der Waals surface area contributed by atoms with E-state index in [-0.39, 0.29) is 5.82 Å². The summed E-state index contributed by atoms with van der Waals surface area (Å²) in [6.45, 7) is 2.90. The first-order chi connectivity index (χ1) is 18.1. The number of rotatable bonds is 10. The minimum atomic E-state index is -0.287. The van der Waals surface area contributed by atoms with E-state index in [0.29, 0.717) is 19.1 Å². The van der Waals surface area contributed by atoms with Crippen LogP contribution in [0.4, 0.5) is 10.3 Å². The maximum atomic E-state index is 13.7. The lowest BCUT2D eigenvalue weighted by Gasteiger charge is -2.16. The monoisotopic (exact) mass is 496 g/mol. The molecule has 0 unspecified atom stereocenters. The van der Waals surface area contributed by atoms with Crippen LogP contribution in [0.3, 0.4) is 0 Å². The van der Waals surface area contributed by atoms with E-state index < -0.39 is 0 Å². The highest BCUT2D eigenvalue weighted by Gasteiger charge is 2.18. The summed E-state index contributed by atoms with van der Waals surface area (Å²) in [4.78, 5) is 16.4. The molecule has 0 aliphatic rings. The fourth-order valence-corrected chi connectivity index (χ4v) is 4.23. The molecule has 0 atom stereocenters. The van der Waals surface area contributed by atoms with Gasteiger partial charge in [0.2, 0.25) is 5.95 Å². The van der Waals surface area contributed by atoms with Gasteiger partial charge in [0.1, 0.15) is 11.5 Å². The number of methoxy groups -OCH3 is 1. The van der Waals surface area contributed by atoms with Crippen LogP contribution < -0.4 is 5.32 Å². The molecule has 0 saturated heterocycles. The summed E-state index contributed by atoms with van der Waals surface area (Å²) in [5.41, 5.74) is 6.18. The Morgan fingerprint density at radius 2 is 1.78 bits per heavy atom. The van der Waals surface area contributed by atoms with E-state index in [1.165, 1.54) is 12.1 Å². The van der Waals surface area contributed by atoms with Gasteiger partial charge in [0.25, 0.3) is 0 Å². The minimum absolute atomic E-state index is 0.287. The quantitative estimate of drug-likeness (QED) is 0.284. The van der Waals surface area contributed by atoms with Crippen LogP contribution in [0, 0.1) is 5.82 Å². The number of benzene rings is 2. The van der Waals surface area contributed by atoms with Crippen molar-refractivity contribution < 1.29 is 9.13 Å². The Balaban J connectivity index is 1.52. The van der Waals surface area contributed by atoms with Crippen molar-refractivity contribution in [2.24, 2.45) is 0 Å². The second kappa shape index (κ2) is 11.3. The average molecular weight is 497 g/mol. The number of hydrogen-bond donors (Lipinski definition) is 1. The fourth-order valence-electron chi connectivity index (χ4n) is 4.23. The zero-order valence-corrected chi connectivity index (χ0v) is 20.9. The van der Waals surface area contributed by atoms with Gasteiger partial charge in [-0.2, -0.15) is 0 Å². The third-order valence-corrected chi connectivity index (χ3v) is 6.13. The SMILES string of the molecule is COCCN(C)Cc1ccn2c(-c3ccnc(NCc4ccccc4)n3)c(-c3ccc(F)cc3)nc2c1. The predicted octanol–water partition coefficient (Wildman–Crippen LogP) is 5.29. The number of pyridine rings is 1. The first kappa shape index (κ1) is 24.5. The van der Waals surface area contributed by atoms with E-state index in [9.17, 15) is 4.39 Å². The summed E-state index contributed by atoms with van der Waals surface area (Å²) >= 11 is 0. The van der Waals surface area contributed by atoms with Gasteiger partial charge in [-0.1, -0.05) is 30.3 Å². The Labute approximate surface area is 215 Å². The molecule has 2 aromatic carbocycles. The first-order valence-corrected chi connectivity index (χ1v) is 12.2. The Morgan fingerprint density at radius 1 is 0.973 bits per heavy atom. The van der Waals surface area contributed by atoms with Crippen molar-refractivity contribution in [3.05, 3.63) is 102 Å². The number of aromatic nitrogens is 4. The summed E-state index contributed by atoms with van der Waals surface area (Å²) in [5.74, 6) is 0.239. The highest BCUT2D eigenvalue weighted by atomic mass is 19.1. The molecule has 0 bridgehead atoms. The summed E-state index contributed by atoms with van der Waals surface area (Å²) in [6, 6.07) is 22.5. The van der Waals surface area contributed by atoms with Crippen LogP contribution >= 0.6 is 0 Å². The Kier molecular flexibility index (Phi) is 7.49. The van der Waals surface area contributed by atoms with Crippen LogP contribution in [0.1, 0.15) is 11.1 Å². The number of anilines is 1. The Bertz CT molecular complexity index is 1470. The van der Waals surface area contributed by atoms with Gasteiger partial charge in [-0.05, 0) is 60.6 Å². The van der Waals surface area contributed by atoms with E-state index in [0.717, 1.165) is 52.5 Å². The highest BCUT2D eigenvalue weighted by Crippen LogP contribution is 2.32. The normalized spacial score (nSPS) is 11.4. The van der Waals surface area contributed by atoms with Crippen LogP contribution in [-0.4, -0.2) is 51.6 Å². The lowest BCUT2D eigenvalue weighted by atomic mass is 10.1. The van der Waals surface area contributed by atoms with Gasteiger partial charge in [0.05, 0.1) is 23.7 Å². The van der Waals surface area contributed by atoms with Gasteiger partial charge >= 0.3 is 0 Å². The molecule has 3 heterocycles. The topological polar surface area (TPSA) is 67.6 Å². The van der Waals surface area contributed by atoms with Gasteiger partial charge in [-0.3, -0.25) is 9.30 Å². The molecule has 3 aromatic heterocycles. The molecule has 37 heavy (non-hydrogen) atoms. The van der Waals surface area contributed by atoms with Crippen molar-refractivity contribution in [2.75, 3.05) is 32.6 Å². The molecule has 8 heteroatoms. The molecule has 0 amide bonds. The van der Waals surface area contributed by atoms with E-state index >= 15 is 0 Å². The molecule has 0 spiro atoms. The maximum Gasteiger partial charge on any atom is 0.223 e. The molecule has 0 aliphatic carbocycles. The molecular weight excluding hydrogens is 467 g/mol. The van der Waals surface area contributed by atoms with Crippen LogP contribution in [0.25, 0.3) is 28.3 Å². The smallest absolute Gasteiger partial charge is 0.223 e. The van der Waals surface area contributed by atoms with Crippen molar-refractivity contribution in [1.82, 2.24) is 24.3 Å². The zero-order valence-electron chi connectivity index (χ0n) is 20.9. The molecule has 0 fully saturated rings. The third kappa shape index (κ3) is 5.82. The fraction of sp³-hybridized carbons (Fsp3) is 0.207. The van der Waals surface area contributed by atoms with Crippen LogP contribution in [0.2, 0.25) is 0 Å². The molecule has 188 valence electrons. The second-order valence-corrected chi connectivity index (χ2v) is 8.91. The van der Waals surface area contributed by atoms with Crippen molar-refractivity contribution in [1.29, 1.82) is 0 Å². The highest BCUT2D eigenvalue weighted by molar-refractivity contribution is 5.80. The van der Waals surface area contributed by atoms with Crippen molar-refractivity contribution in [2.45, 2.75) is 13.1 Å². The van der Waals surface area contributed by atoms with E-state index in [1.807, 2.05) is 34.9 Å². The maximum absolute atomic E-state index is 13.7. The number of halogens is 1. The standard InChI is InChI=1S/C29H29FN6O/c1-35(16-17-37-2)20-22-13-15-36-26(18-22)34-27(23-8-10-24(30)11-9-23)28(36)25-12-14-31-29(33-25)32-19-21-6-4-3-5-7-21/h3-15,18H,16-17,19-20H2,1-2H3,(H,31,32,33). The molecule has 5 rings (SSSR count). The predicted molar refractivity (Wildman–Crippen MR) is 144 cm³/mol. The number of likely N-dealkylation sites (N-methyl/N-ethyl adjacent to an activating group) is 1. The van der Waals surface area contributed by atoms with E-state index in [1.54, 1.807) is 25.4 Å². The van der Waals surface area contributed by atoms with Crippen LogP contribution in [-0.2, 0) is 17.8 Å². The minimum Gasteiger partial charge on any atom is -0.383 e. The Hall–Kier alpha value is -4.14. The van der Waals surface area contributed by atoms with Crippen LogP contribution in [0.5, 0.6) is 0 Å². The molecule has 0 radical (unpaired) electrons.